The molecule has 0 heterocycles. The second-order valence-corrected chi connectivity index (χ2v) is 6.11. The maximum Gasteiger partial charge on any atom is 0.238 e. The van der Waals surface area contributed by atoms with Gasteiger partial charge in [0.2, 0.25) is 5.91 Å². The lowest BCUT2D eigenvalue weighted by Crippen LogP contribution is -2.30. The maximum atomic E-state index is 12.1. The van der Waals surface area contributed by atoms with Crippen LogP contribution in [0.2, 0.25) is 10.0 Å². The molecule has 2 aromatic carbocycles. The minimum Gasteiger partial charge on any atom is -0.324 e. The van der Waals surface area contributed by atoms with Crippen molar-refractivity contribution in [2.24, 2.45) is 0 Å². The van der Waals surface area contributed by atoms with Gasteiger partial charge < -0.3 is 5.32 Å². The Morgan fingerprint density at radius 3 is 2.55 bits per heavy atom. The molecule has 1 amide bonds. The number of nitrogens with one attached hydrogen (secondary N) is 1. The van der Waals surface area contributed by atoms with Gasteiger partial charge in [-0.15, -0.1) is 0 Å². The van der Waals surface area contributed by atoms with Crippen LogP contribution in [0.25, 0.3) is 0 Å². The molecule has 0 spiro atoms. The smallest absolute Gasteiger partial charge is 0.238 e. The van der Waals surface area contributed by atoms with E-state index in [1.54, 1.807) is 0 Å². The average Bonchev–Trinajstić information content (AvgIpc) is 2.44. The second-order valence-electron chi connectivity index (χ2n) is 5.30. The molecule has 22 heavy (non-hydrogen) atoms. The number of carbonyl (C=O) groups is 1. The van der Waals surface area contributed by atoms with Crippen LogP contribution in [-0.2, 0) is 11.3 Å². The zero-order valence-corrected chi connectivity index (χ0v) is 14.1. The Labute approximate surface area is 140 Å². The van der Waals surface area contributed by atoms with Gasteiger partial charge in [0.05, 0.1) is 17.3 Å². The molecule has 0 saturated carbocycles. The van der Waals surface area contributed by atoms with Gasteiger partial charge in [-0.1, -0.05) is 47.5 Å². The SMILES string of the molecule is Cc1ccc(NC(=O)CN(C)Cc2ccccc2Cl)c(Cl)c1. The van der Waals surface area contributed by atoms with E-state index in [1.807, 2.05) is 61.3 Å². The number of aryl methyl sites for hydroxylation is 1. The van der Waals surface area contributed by atoms with Gasteiger partial charge in [-0.05, 0) is 43.3 Å². The summed E-state index contributed by atoms with van der Waals surface area (Å²) in [6.07, 6.45) is 0. The first kappa shape index (κ1) is 16.8. The first-order valence-corrected chi connectivity index (χ1v) is 7.69. The van der Waals surface area contributed by atoms with E-state index in [2.05, 4.69) is 5.32 Å². The number of rotatable bonds is 5. The Morgan fingerprint density at radius 1 is 1.14 bits per heavy atom. The Bertz CT molecular complexity index is 673. The normalized spacial score (nSPS) is 10.8. The van der Waals surface area contributed by atoms with Gasteiger partial charge in [-0.25, -0.2) is 0 Å². The zero-order valence-electron chi connectivity index (χ0n) is 12.6. The highest BCUT2D eigenvalue weighted by Crippen LogP contribution is 2.22. The summed E-state index contributed by atoms with van der Waals surface area (Å²) < 4.78 is 0. The average molecular weight is 337 g/mol. The van der Waals surface area contributed by atoms with Crippen LogP contribution >= 0.6 is 23.2 Å². The highest BCUT2D eigenvalue weighted by molar-refractivity contribution is 6.33. The molecule has 0 aliphatic heterocycles. The fourth-order valence-electron chi connectivity index (χ4n) is 2.13. The van der Waals surface area contributed by atoms with Gasteiger partial charge in [0, 0.05) is 11.6 Å². The van der Waals surface area contributed by atoms with Crippen molar-refractivity contribution in [1.29, 1.82) is 0 Å². The standard InChI is InChI=1S/C17H18Cl2N2O/c1-12-7-8-16(15(19)9-12)20-17(22)11-21(2)10-13-5-3-4-6-14(13)18/h3-9H,10-11H2,1-2H3,(H,20,22). The van der Waals surface area contributed by atoms with Crippen LogP contribution in [0.15, 0.2) is 42.5 Å². The number of amides is 1. The molecule has 0 aliphatic carbocycles. The van der Waals surface area contributed by atoms with Crippen molar-refractivity contribution in [2.75, 3.05) is 18.9 Å². The highest BCUT2D eigenvalue weighted by atomic mass is 35.5. The molecule has 2 aromatic rings. The van der Waals surface area contributed by atoms with E-state index in [9.17, 15) is 4.79 Å². The second kappa shape index (κ2) is 7.63. The van der Waals surface area contributed by atoms with E-state index in [1.165, 1.54) is 0 Å². The summed E-state index contributed by atoms with van der Waals surface area (Å²) in [7, 11) is 1.87. The summed E-state index contributed by atoms with van der Waals surface area (Å²) in [6, 6.07) is 13.2. The predicted octanol–water partition coefficient (Wildman–Crippen LogP) is 4.37. The van der Waals surface area contributed by atoms with Crippen molar-refractivity contribution < 1.29 is 4.79 Å². The summed E-state index contributed by atoms with van der Waals surface area (Å²) in [6.45, 7) is 2.82. The summed E-state index contributed by atoms with van der Waals surface area (Å²) in [5.74, 6) is -0.111. The molecule has 0 fully saturated rings. The fourth-order valence-corrected chi connectivity index (χ4v) is 2.61. The van der Waals surface area contributed by atoms with Gasteiger partial charge in [0.1, 0.15) is 0 Å². The maximum absolute atomic E-state index is 12.1. The monoisotopic (exact) mass is 336 g/mol. The number of hydrogen-bond donors (Lipinski definition) is 1. The third-order valence-electron chi connectivity index (χ3n) is 3.21. The van der Waals surface area contributed by atoms with Crippen molar-refractivity contribution >= 4 is 34.8 Å². The molecular weight excluding hydrogens is 319 g/mol. The van der Waals surface area contributed by atoms with Gasteiger partial charge in [-0.2, -0.15) is 0 Å². The van der Waals surface area contributed by atoms with Gasteiger partial charge in [0.15, 0.2) is 0 Å². The summed E-state index contributed by atoms with van der Waals surface area (Å²) >= 11 is 12.2. The number of nitrogens with zero attached hydrogens (tertiary/aromatic N) is 1. The van der Waals surface area contributed by atoms with Crippen LogP contribution in [0.5, 0.6) is 0 Å². The molecule has 0 unspecified atom stereocenters. The molecule has 0 atom stereocenters. The molecule has 0 radical (unpaired) electrons. The summed E-state index contributed by atoms with van der Waals surface area (Å²) in [4.78, 5) is 14.0. The molecule has 0 aromatic heterocycles. The van der Waals surface area contributed by atoms with Gasteiger partial charge in [0.25, 0.3) is 0 Å². The minimum absolute atomic E-state index is 0.111. The third kappa shape index (κ3) is 4.73. The number of likely N-dealkylation sites (N-methyl/N-ethyl adjacent to an activating group) is 1. The van der Waals surface area contributed by atoms with E-state index < -0.39 is 0 Å². The first-order chi connectivity index (χ1) is 10.5. The molecule has 0 aliphatic rings. The number of benzene rings is 2. The summed E-state index contributed by atoms with van der Waals surface area (Å²) in [5, 5.41) is 4.07. The lowest BCUT2D eigenvalue weighted by Gasteiger charge is -2.17. The third-order valence-corrected chi connectivity index (χ3v) is 3.89. The van der Waals surface area contributed by atoms with Crippen LogP contribution in [0.4, 0.5) is 5.69 Å². The van der Waals surface area contributed by atoms with Crippen molar-refractivity contribution in [3.05, 3.63) is 63.6 Å². The lowest BCUT2D eigenvalue weighted by atomic mass is 10.2. The predicted molar refractivity (Wildman–Crippen MR) is 92.6 cm³/mol. The topological polar surface area (TPSA) is 32.3 Å². The Kier molecular flexibility index (Phi) is 5.83. The summed E-state index contributed by atoms with van der Waals surface area (Å²) in [5.41, 5.74) is 2.68. The van der Waals surface area contributed by atoms with Crippen molar-refractivity contribution in [2.45, 2.75) is 13.5 Å². The first-order valence-electron chi connectivity index (χ1n) is 6.93. The van der Waals surface area contributed by atoms with Crippen molar-refractivity contribution in [3.63, 3.8) is 0 Å². The highest BCUT2D eigenvalue weighted by Gasteiger charge is 2.10. The number of carbonyl (C=O) groups excluding carboxylic acids is 1. The van der Waals surface area contributed by atoms with Crippen molar-refractivity contribution in [3.8, 4) is 0 Å². The van der Waals surface area contributed by atoms with Crippen LogP contribution in [-0.4, -0.2) is 24.4 Å². The van der Waals surface area contributed by atoms with E-state index >= 15 is 0 Å². The molecule has 0 saturated heterocycles. The molecule has 0 bridgehead atoms. The van der Waals surface area contributed by atoms with Gasteiger partial charge in [-0.3, -0.25) is 9.69 Å². The molecule has 5 heteroatoms. The van der Waals surface area contributed by atoms with E-state index in [4.69, 9.17) is 23.2 Å². The molecule has 1 N–H and O–H groups in total. The number of anilines is 1. The minimum atomic E-state index is -0.111. The van der Waals surface area contributed by atoms with Crippen molar-refractivity contribution in [1.82, 2.24) is 4.90 Å². The molecule has 2 rings (SSSR count). The largest absolute Gasteiger partial charge is 0.324 e. The molecule has 3 nitrogen and oxygen atoms in total. The zero-order chi connectivity index (χ0) is 16.1. The Balaban J connectivity index is 1.93. The van der Waals surface area contributed by atoms with Crippen LogP contribution in [0.3, 0.4) is 0 Å². The molecule has 116 valence electrons. The fraction of sp³-hybridized carbons (Fsp3) is 0.235. The van der Waals surface area contributed by atoms with E-state index in [0.717, 1.165) is 11.1 Å². The Morgan fingerprint density at radius 2 is 1.86 bits per heavy atom. The molecular formula is C17H18Cl2N2O. The van der Waals surface area contributed by atoms with Crippen LogP contribution < -0.4 is 5.32 Å². The van der Waals surface area contributed by atoms with Crippen LogP contribution in [0, 0.1) is 6.92 Å². The van der Waals surface area contributed by atoms with Crippen LogP contribution in [0.1, 0.15) is 11.1 Å². The Hall–Kier alpha value is -1.55. The quantitative estimate of drug-likeness (QED) is 0.879. The van der Waals surface area contributed by atoms with E-state index in [-0.39, 0.29) is 12.5 Å². The number of hydrogen-bond acceptors (Lipinski definition) is 2. The number of halogens is 2. The van der Waals surface area contributed by atoms with E-state index in [0.29, 0.717) is 22.3 Å². The lowest BCUT2D eigenvalue weighted by molar-refractivity contribution is -0.117. The van der Waals surface area contributed by atoms with Gasteiger partial charge >= 0.3 is 0 Å².